The summed E-state index contributed by atoms with van der Waals surface area (Å²) in [5, 5.41) is 2.88. The van der Waals surface area contributed by atoms with Crippen molar-refractivity contribution in [1.82, 2.24) is 4.90 Å². The third-order valence-corrected chi connectivity index (χ3v) is 3.10. The minimum atomic E-state index is -0.0208. The molecule has 0 spiro atoms. The van der Waals surface area contributed by atoms with Gasteiger partial charge in [0.1, 0.15) is 4.99 Å². The molecule has 0 unspecified atom stereocenters. The van der Waals surface area contributed by atoms with Crippen LogP contribution in [-0.4, -0.2) is 35.4 Å². The van der Waals surface area contributed by atoms with Gasteiger partial charge in [-0.2, -0.15) is 0 Å². The number of benzene rings is 1. The summed E-state index contributed by atoms with van der Waals surface area (Å²) < 4.78 is 0. The quantitative estimate of drug-likeness (QED) is 0.757. The maximum Gasteiger partial charge on any atom is 0.238 e. The van der Waals surface area contributed by atoms with Gasteiger partial charge in [-0.05, 0) is 24.6 Å². The molecule has 0 saturated heterocycles. The lowest BCUT2D eigenvalue weighted by molar-refractivity contribution is -0.117. The lowest BCUT2D eigenvalue weighted by atomic mass is 10.2. The molecule has 0 saturated carbocycles. The first-order valence-corrected chi connectivity index (χ1v) is 7.25. The van der Waals surface area contributed by atoms with Crippen molar-refractivity contribution in [3.05, 3.63) is 29.8 Å². The van der Waals surface area contributed by atoms with E-state index in [2.05, 4.69) is 31.0 Å². The average Bonchev–Trinajstić information content (AvgIpc) is 2.37. The molecule has 0 radical (unpaired) electrons. The highest BCUT2D eigenvalue weighted by Crippen LogP contribution is 2.10. The number of hydrogen-bond donors (Lipinski definition) is 2. The van der Waals surface area contributed by atoms with E-state index in [4.69, 9.17) is 18.0 Å². The average molecular weight is 293 g/mol. The smallest absolute Gasteiger partial charge is 0.238 e. The summed E-state index contributed by atoms with van der Waals surface area (Å²) in [5.41, 5.74) is 7.06. The number of rotatable bonds is 7. The molecule has 1 rings (SSSR count). The topological polar surface area (TPSA) is 58.4 Å². The van der Waals surface area contributed by atoms with Crippen molar-refractivity contribution in [2.24, 2.45) is 11.7 Å². The molecule has 0 fully saturated rings. The van der Waals surface area contributed by atoms with Gasteiger partial charge in [0.05, 0.1) is 6.54 Å². The maximum atomic E-state index is 12.0. The van der Waals surface area contributed by atoms with Crippen molar-refractivity contribution in [3.8, 4) is 0 Å². The number of thiocarbonyl (C=S) groups is 1. The van der Waals surface area contributed by atoms with Gasteiger partial charge in [0, 0.05) is 17.8 Å². The molecule has 3 N–H and O–H groups in total. The molecule has 110 valence electrons. The zero-order valence-electron chi connectivity index (χ0n) is 12.3. The summed E-state index contributed by atoms with van der Waals surface area (Å²) in [4.78, 5) is 14.5. The van der Waals surface area contributed by atoms with Crippen molar-refractivity contribution < 1.29 is 4.79 Å². The third kappa shape index (κ3) is 5.67. The first kappa shape index (κ1) is 16.6. The number of nitrogens with zero attached hydrogens (tertiary/aromatic N) is 1. The van der Waals surface area contributed by atoms with E-state index in [-0.39, 0.29) is 5.91 Å². The molecule has 0 aliphatic heterocycles. The molecule has 0 aromatic heterocycles. The van der Waals surface area contributed by atoms with Crippen molar-refractivity contribution in [2.75, 3.05) is 25.0 Å². The van der Waals surface area contributed by atoms with Crippen LogP contribution in [-0.2, 0) is 4.79 Å². The standard InChI is InChI=1S/C15H23N3OS/c1-4-18(9-11(2)3)10-14(19)17-13-7-5-6-12(8-13)15(16)20/h5-8,11H,4,9-10H2,1-3H3,(H2,16,20)(H,17,19). The third-order valence-electron chi connectivity index (χ3n) is 2.87. The van der Waals surface area contributed by atoms with E-state index in [0.29, 0.717) is 17.5 Å². The van der Waals surface area contributed by atoms with Gasteiger partial charge in [0.25, 0.3) is 0 Å². The molecule has 5 heteroatoms. The lowest BCUT2D eigenvalue weighted by Gasteiger charge is -2.21. The van der Waals surface area contributed by atoms with Gasteiger partial charge in [-0.1, -0.05) is 45.1 Å². The monoisotopic (exact) mass is 293 g/mol. The molecular weight excluding hydrogens is 270 g/mol. The van der Waals surface area contributed by atoms with Gasteiger partial charge in [0.2, 0.25) is 5.91 Å². The first-order valence-electron chi connectivity index (χ1n) is 6.84. The molecule has 0 heterocycles. The van der Waals surface area contributed by atoms with E-state index in [9.17, 15) is 4.79 Å². The Labute approximate surface area is 126 Å². The number of nitrogens with one attached hydrogen (secondary N) is 1. The van der Waals surface area contributed by atoms with Crippen molar-refractivity contribution in [1.29, 1.82) is 0 Å². The van der Waals surface area contributed by atoms with Crippen LogP contribution in [0.25, 0.3) is 0 Å². The molecule has 0 aliphatic carbocycles. The fraction of sp³-hybridized carbons (Fsp3) is 0.467. The van der Waals surface area contributed by atoms with Crippen molar-refractivity contribution in [3.63, 3.8) is 0 Å². The number of anilines is 1. The Balaban J connectivity index is 2.61. The van der Waals surface area contributed by atoms with Gasteiger partial charge < -0.3 is 11.1 Å². The SMILES string of the molecule is CCN(CC(=O)Nc1cccc(C(N)=S)c1)CC(C)C. The summed E-state index contributed by atoms with van der Waals surface area (Å²) in [6.45, 7) is 8.52. The number of carbonyl (C=O) groups excluding carboxylic acids is 1. The number of likely N-dealkylation sites (N-methyl/N-ethyl adjacent to an activating group) is 1. The molecule has 0 aliphatic rings. The molecule has 20 heavy (non-hydrogen) atoms. The van der Waals surface area contributed by atoms with Crippen LogP contribution in [0.1, 0.15) is 26.3 Å². The highest BCUT2D eigenvalue weighted by molar-refractivity contribution is 7.80. The van der Waals surface area contributed by atoms with Crippen LogP contribution >= 0.6 is 12.2 Å². The molecule has 1 aromatic carbocycles. The van der Waals surface area contributed by atoms with E-state index < -0.39 is 0 Å². The highest BCUT2D eigenvalue weighted by Gasteiger charge is 2.11. The summed E-state index contributed by atoms with van der Waals surface area (Å²) in [5.74, 6) is 0.522. The van der Waals surface area contributed by atoms with Gasteiger partial charge in [0.15, 0.2) is 0 Å². The number of carbonyl (C=O) groups is 1. The zero-order chi connectivity index (χ0) is 15.1. The molecule has 0 atom stereocenters. The van der Waals surface area contributed by atoms with Crippen molar-refractivity contribution >= 4 is 28.8 Å². The summed E-state index contributed by atoms with van der Waals surface area (Å²) in [7, 11) is 0. The van der Waals surface area contributed by atoms with Crippen molar-refractivity contribution in [2.45, 2.75) is 20.8 Å². The summed E-state index contributed by atoms with van der Waals surface area (Å²) in [6, 6.07) is 7.28. The van der Waals surface area contributed by atoms with Crippen LogP contribution in [0.15, 0.2) is 24.3 Å². The van der Waals surface area contributed by atoms with E-state index in [1.54, 1.807) is 6.07 Å². The second-order valence-electron chi connectivity index (χ2n) is 5.21. The minimum Gasteiger partial charge on any atom is -0.389 e. The molecular formula is C15H23N3OS. The molecule has 0 bridgehead atoms. The van der Waals surface area contributed by atoms with Gasteiger partial charge in [-0.15, -0.1) is 0 Å². The predicted octanol–water partition coefficient (Wildman–Crippen LogP) is 2.24. The second-order valence-corrected chi connectivity index (χ2v) is 5.65. The Bertz CT molecular complexity index is 474. The largest absolute Gasteiger partial charge is 0.389 e. The van der Waals surface area contributed by atoms with Crippen LogP contribution < -0.4 is 11.1 Å². The fourth-order valence-electron chi connectivity index (χ4n) is 1.98. The van der Waals surface area contributed by atoms with Crippen LogP contribution in [0, 0.1) is 5.92 Å². The van der Waals surface area contributed by atoms with Gasteiger partial charge >= 0.3 is 0 Å². The Hall–Kier alpha value is -1.46. The van der Waals surface area contributed by atoms with Crippen LogP contribution in [0.4, 0.5) is 5.69 Å². The number of nitrogens with two attached hydrogens (primary N) is 1. The van der Waals surface area contributed by atoms with Crippen LogP contribution in [0.2, 0.25) is 0 Å². The minimum absolute atomic E-state index is 0.0208. The Morgan fingerprint density at radius 2 is 2.15 bits per heavy atom. The Morgan fingerprint density at radius 1 is 1.45 bits per heavy atom. The van der Waals surface area contributed by atoms with E-state index >= 15 is 0 Å². The van der Waals surface area contributed by atoms with Crippen LogP contribution in [0.5, 0.6) is 0 Å². The maximum absolute atomic E-state index is 12.0. The number of amides is 1. The van der Waals surface area contributed by atoms with Gasteiger partial charge in [-0.25, -0.2) is 0 Å². The molecule has 1 amide bonds. The van der Waals surface area contributed by atoms with E-state index in [0.717, 1.165) is 24.3 Å². The van der Waals surface area contributed by atoms with E-state index in [1.165, 1.54) is 0 Å². The second kappa shape index (κ2) is 7.97. The lowest BCUT2D eigenvalue weighted by Crippen LogP contribution is -2.35. The van der Waals surface area contributed by atoms with E-state index in [1.807, 2.05) is 18.2 Å². The highest BCUT2D eigenvalue weighted by atomic mass is 32.1. The fourth-order valence-corrected chi connectivity index (χ4v) is 2.10. The Kier molecular flexibility index (Phi) is 6.61. The normalized spacial score (nSPS) is 10.8. The summed E-state index contributed by atoms with van der Waals surface area (Å²) >= 11 is 4.93. The molecule has 4 nitrogen and oxygen atoms in total. The predicted molar refractivity (Wildman–Crippen MR) is 87.9 cm³/mol. The van der Waals surface area contributed by atoms with Gasteiger partial charge in [-0.3, -0.25) is 9.69 Å². The number of hydrogen-bond acceptors (Lipinski definition) is 3. The summed E-state index contributed by atoms with van der Waals surface area (Å²) in [6.07, 6.45) is 0. The molecule has 1 aromatic rings. The first-order chi connectivity index (χ1) is 9.42. The Morgan fingerprint density at radius 3 is 2.70 bits per heavy atom. The van der Waals surface area contributed by atoms with Crippen LogP contribution in [0.3, 0.4) is 0 Å². The zero-order valence-corrected chi connectivity index (χ0v) is 13.2.